The van der Waals surface area contributed by atoms with E-state index in [9.17, 15) is 31.4 Å². The molecule has 1 fully saturated rings. The minimum Gasteiger partial charge on any atom is -0.406 e. The number of halogens is 6. The number of morpholine rings is 1. The molecule has 1 aliphatic heterocycles. The van der Waals surface area contributed by atoms with Crippen LogP contribution < -0.4 is 4.74 Å². The van der Waals surface area contributed by atoms with Crippen LogP contribution in [0.4, 0.5) is 26.3 Å². The summed E-state index contributed by atoms with van der Waals surface area (Å²) in [5.41, 5.74) is -1.13. The lowest BCUT2D eigenvalue weighted by atomic mass is 9.83. The van der Waals surface area contributed by atoms with E-state index in [0.717, 1.165) is 11.6 Å². The highest BCUT2D eigenvalue weighted by atomic mass is 19.4. The summed E-state index contributed by atoms with van der Waals surface area (Å²) in [5.74, 6) is -0.563. The molecule has 2 aromatic rings. The molecule has 0 radical (unpaired) electrons. The smallest absolute Gasteiger partial charge is 0.406 e. The Bertz CT molecular complexity index is 890. The molecule has 1 heterocycles. The van der Waals surface area contributed by atoms with Crippen molar-refractivity contribution in [3.05, 3.63) is 65.7 Å². The van der Waals surface area contributed by atoms with E-state index in [1.165, 1.54) is 18.2 Å². The number of benzene rings is 2. The van der Waals surface area contributed by atoms with Crippen molar-refractivity contribution < 1.29 is 40.9 Å². The molecule has 0 saturated carbocycles. The van der Waals surface area contributed by atoms with Crippen LogP contribution in [0.25, 0.3) is 0 Å². The summed E-state index contributed by atoms with van der Waals surface area (Å²) in [4.78, 5) is 1.94. The molecule has 33 heavy (non-hydrogen) atoms. The van der Waals surface area contributed by atoms with Crippen LogP contribution in [-0.2, 0) is 17.7 Å². The van der Waals surface area contributed by atoms with Gasteiger partial charge in [-0.25, -0.2) is 0 Å². The summed E-state index contributed by atoms with van der Waals surface area (Å²) in [6.45, 7) is 1.32. The molecule has 1 N–H and O–H groups in total. The summed E-state index contributed by atoms with van der Waals surface area (Å²) < 4.78 is 87.2. The SMILES string of the molecule is OC(CCC(F)(F)F)(Cc1ccccc1OC(F)(F)F)C1CN(Cc2ccccc2)CCO1. The number of hydrogen-bond donors (Lipinski definition) is 1. The number of rotatable bonds is 8. The predicted molar refractivity (Wildman–Crippen MR) is 109 cm³/mol. The number of alkyl halides is 6. The molecule has 182 valence electrons. The molecule has 0 amide bonds. The zero-order valence-corrected chi connectivity index (χ0v) is 17.7. The molecular weight excluding hydrogens is 452 g/mol. The van der Waals surface area contributed by atoms with E-state index in [1.54, 1.807) is 0 Å². The van der Waals surface area contributed by atoms with E-state index >= 15 is 0 Å². The van der Waals surface area contributed by atoms with Gasteiger partial charge in [-0.3, -0.25) is 4.90 Å². The van der Waals surface area contributed by atoms with Gasteiger partial charge in [-0.05, 0) is 23.6 Å². The van der Waals surface area contributed by atoms with Crippen LogP contribution >= 0.6 is 0 Å². The van der Waals surface area contributed by atoms with Crippen LogP contribution in [0.5, 0.6) is 5.75 Å². The topological polar surface area (TPSA) is 41.9 Å². The van der Waals surface area contributed by atoms with Crippen molar-refractivity contribution in [3.8, 4) is 5.75 Å². The van der Waals surface area contributed by atoms with Gasteiger partial charge in [-0.1, -0.05) is 48.5 Å². The molecule has 3 rings (SSSR count). The first-order chi connectivity index (χ1) is 15.4. The fourth-order valence-corrected chi connectivity index (χ4v) is 3.94. The molecule has 0 aromatic heterocycles. The maximum atomic E-state index is 13.0. The standard InChI is InChI=1S/C23H25F6NO3/c24-22(25,26)11-10-21(31,14-18-8-4-5-9-19(18)33-23(27,28)29)20-16-30(12-13-32-20)15-17-6-2-1-3-7-17/h1-9,20,31H,10-16H2. The summed E-state index contributed by atoms with van der Waals surface area (Å²) >= 11 is 0. The van der Waals surface area contributed by atoms with Gasteiger partial charge < -0.3 is 14.6 Å². The molecule has 1 saturated heterocycles. The van der Waals surface area contributed by atoms with Crippen LogP contribution in [0.2, 0.25) is 0 Å². The lowest BCUT2D eigenvalue weighted by molar-refractivity contribution is -0.275. The molecule has 0 bridgehead atoms. The molecule has 0 spiro atoms. The average molecular weight is 477 g/mol. The van der Waals surface area contributed by atoms with Crippen molar-refractivity contribution in [1.82, 2.24) is 4.90 Å². The van der Waals surface area contributed by atoms with Crippen molar-refractivity contribution in [2.24, 2.45) is 0 Å². The lowest BCUT2D eigenvalue weighted by Crippen LogP contribution is -2.55. The van der Waals surface area contributed by atoms with Gasteiger partial charge in [-0.15, -0.1) is 13.2 Å². The van der Waals surface area contributed by atoms with Crippen molar-refractivity contribution in [3.63, 3.8) is 0 Å². The van der Waals surface area contributed by atoms with E-state index in [2.05, 4.69) is 4.74 Å². The number of ether oxygens (including phenoxy) is 2. The number of nitrogens with zero attached hydrogens (tertiary/aromatic N) is 1. The molecule has 2 atom stereocenters. The van der Waals surface area contributed by atoms with Crippen LogP contribution in [0.1, 0.15) is 24.0 Å². The van der Waals surface area contributed by atoms with Crippen molar-refractivity contribution in [1.29, 1.82) is 0 Å². The first-order valence-electron chi connectivity index (χ1n) is 10.4. The first-order valence-corrected chi connectivity index (χ1v) is 10.4. The summed E-state index contributed by atoms with van der Waals surface area (Å²) in [7, 11) is 0. The molecule has 2 unspecified atom stereocenters. The van der Waals surface area contributed by atoms with Gasteiger partial charge in [-0.2, -0.15) is 13.2 Å². The van der Waals surface area contributed by atoms with E-state index < -0.39 is 49.3 Å². The maximum absolute atomic E-state index is 13.0. The van der Waals surface area contributed by atoms with Crippen molar-refractivity contribution in [2.75, 3.05) is 19.7 Å². The molecule has 1 aliphatic rings. The Morgan fingerprint density at radius 1 is 0.939 bits per heavy atom. The Morgan fingerprint density at radius 3 is 2.27 bits per heavy atom. The van der Waals surface area contributed by atoms with E-state index in [1.807, 2.05) is 35.2 Å². The van der Waals surface area contributed by atoms with Gasteiger partial charge in [0.1, 0.15) is 5.75 Å². The van der Waals surface area contributed by atoms with Gasteiger partial charge in [0.15, 0.2) is 0 Å². The second-order valence-corrected chi connectivity index (χ2v) is 8.13. The Balaban J connectivity index is 1.83. The Hall–Kier alpha value is -2.30. The molecule has 2 aromatic carbocycles. The molecule has 10 heteroatoms. The van der Waals surface area contributed by atoms with Crippen LogP contribution in [-0.4, -0.2) is 53.9 Å². The normalized spacial score (nSPS) is 19.8. The molecular formula is C23H25F6NO3. The minimum absolute atomic E-state index is 0.0525. The van der Waals surface area contributed by atoms with Gasteiger partial charge >= 0.3 is 12.5 Å². The lowest BCUT2D eigenvalue weighted by Gasteiger charge is -2.42. The third kappa shape index (κ3) is 7.90. The first kappa shape index (κ1) is 25.3. The quantitative estimate of drug-likeness (QED) is 0.537. The molecule has 4 nitrogen and oxygen atoms in total. The fraction of sp³-hybridized carbons (Fsp3) is 0.478. The monoisotopic (exact) mass is 477 g/mol. The predicted octanol–water partition coefficient (Wildman–Crippen LogP) is 5.10. The van der Waals surface area contributed by atoms with Gasteiger partial charge in [0.25, 0.3) is 0 Å². The summed E-state index contributed by atoms with van der Waals surface area (Å²) in [6.07, 6.45) is -13.1. The van der Waals surface area contributed by atoms with Gasteiger partial charge in [0.05, 0.1) is 18.3 Å². The number of para-hydroxylation sites is 1. The highest BCUT2D eigenvalue weighted by molar-refractivity contribution is 5.35. The minimum atomic E-state index is -4.98. The van der Waals surface area contributed by atoms with Crippen LogP contribution in [0.15, 0.2) is 54.6 Å². The largest absolute Gasteiger partial charge is 0.573 e. The number of aliphatic hydroxyl groups is 1. The maximum Gasteiger partial charge on any atom is 0.573 e. The zero-order valence-electron chi connectivity index (χ0n) is 17.7. The van der Waals surface area contributed by atoms with E-state index in [-0.39, 0.29) is 18.7 Å². The third-order valence-electron chi connectivity index (χ3n) is 5.54. The Kier molecular flexibility index (Phi) is 7.92. The van der Waals surface area contributed by atoms with Crippen LogP contribution in [0, 0.1) is 0 Å². The highest BCUT2D eigenvalue weighted by Gasteiger charge is 2.44. The van der Waals surface area contributed by atoms with Gasteiger partial charge in [0.2, 0.25) is 0 Å². The second-order valence-electron chi connectivity index (χ2n) is 8.13. The summed E-state index contributed by atoms with van der Waals surface area (Å²) in [6, 6.07) is 14.5. The Labute approximate surface area is 187 Å². The second kappa shape index (κ2) is 10.3. The molecule has 0 aliphatic carbocycles. The van der Waals surface area contributed by atoms with Crippen molar-refractivity contribution in [2.45, 2.75) is 50.1 Å². The van der Waals surface area contributed by atoms with Crippen LogP contribution in [0.3, 0.4) is 0 Å². The van der Waals surface area contributed by atoms with Crippen molar-refractivity contribution >= 4 is 0 Å². The third-order valence-corrected chi connectivity index (χ3v) is 5.54. The highest BCUT2D eigenvalue weighted by Crippen LogP contribution is 2.36. The van der Waals surface area contributed by atoms with Gasteiger partial charge in [0, 0.05) is 32.5 Å². The summed E-state index contributed by atoms with van der Waals surface area (Å²) in [5, 5.41) is 11.4. The van der Waals surface area contributed by atoms with E-state index in [4.69, 9.17) is 4.74 Å². The van der Waals surface area contributed by atoms with E-state index in [0.29, 0.717) is 13.1 Å². The zero-order chi connectivity index (χ0) is 24.1. The average Bonchev–Trinajstić information content (AvgIpc) is 2.73. The number of hydrogen-bond acceptors (Lipinski definition) is 4. The Morgan fingerprint density at radius 2 is 1.61 bits per heavy atom. The fourth-order valence-electron chi connectivity index (χ4n) is 3.94.